The zero-order valence-electron chi connectivity index (χ0n) is 16.3. The first-order valence-electron chi connectivity index (χ1n) is 9.79. The average molecular weight is 415 g/mol. The van der Waals surface area contributed by atoms with Crippen LogP contribution in [0, 0.1) is 0 Å². The molecule has 0 bridgehead atoms. The molecule has 7 heteroatoms. The van der Waals surface area contributed by atoms with E-state index in [0.717, 1.165) is 35.7 Å². The lowest BCUT2D eigenvalue weighted by Gasteiger charge is -2.14. The van der Waals surface area contributed by atoms with Crippen LogP contribution < -0.4 is 14.8 Å². The molecule has 0 aliphatic carbocycles. The largest absolute Gasteiger partial charge is 0.494 e. The van der Waals surface area contributed by atoms with E-state index in [-0.39, 0.29) is 17.7 Å². The molecule has 0 saturated carbocycles. The first-order chi connectivity index (χ1) is 14.2. The summed E-state index contributed by atoms with van der Waals surface area (Å²) >= 11 is 1.27. The molecule has 0 atom stereocenters. The Hall–Kier alpha value is -2.67. The Morgan fingerprint density at radius 1 is 1.00 bits per heavy atom. The van der Waals surface area contributed by atoms with E-state index in [1.807, 2.05) is 54.6 Å². The summed E-state index contributed by atoms with van der Waals surface area (Å²) in [6, 6.07) is 17.6. The molecule has 1 saturated heterocycles. The van der Waals surface area contributed by atoms with E-state index < -0.39 is 0 Å². The smallest absolute Gasteiger partial charge is 0.282 e. The van der Waals surface area contributed by atoms with Crippen LogP contribution >= 0.6 is 11.8 Å². The van der Waals surface area contributed by atoms with Gasteiger partial charge in [0.05, 0.1) is 6.61 Å². The molecule has 29 heavy (non-hydrogen) atoms. The average Bonchev–Trinajstić information content (AvgIpc) is 3.15. The number of carbonyl (C=O) groups excluding carboxylic acids is 2. The van der Waals surface area contributed by atoms with E-state index in [1.165, 1.54) is 11.8 Å². The summed E-state index contributed by atoms with van der Waals surface area (Å²) in [6.45, 7) is 2.52. The van der Waals surface area contributed by atoms with Gasteiger partial charge >= 0.3 is 0 Å². The van der Waals surface area contributed by atoms with Crippen molar-refractivity contribution in [3.63, 3.8) is 0 Å². The molecule has 3 rings (SSSR count). The van der Waals surface area contributed by atoms with Gasteiger partial charge in [0.25, 0.3) is 5.24 Å². The number of ether oxygens (including phenoxy) is 2. The molecular weight excluding hydrogens is 388 g/mol. The van der Waals surface area contributed by atoms with Crippen LogP contribution in [0.2, 0.25) is 0 Å². The molecule has 0 radical (unpaired) electrons. The van der Waals surface area contributed by atoms with Crippen molar-refractivity contribution in [1.82, 2.24) is 10.2 Å². The Bertz CT molecular complexity index is 783. The maximum atomic E-state index is 11.8. The predicted octanol–water partition coefficient (Wildman–Crippen LogP) is 3.71. The van der Waals surface area contributed by atoms with E-state index in [4.69, 9.17) is 9.47 Å². The first kappa shape index (κ1) is 21.0. The number of nitrogens with one attached hydrogen (secondary N) is 1. The van der Waals surface area contributed by atoms with Crippen LogP contribution in [0.4, 0.5) is 4.79 Å². The van der Waals surface area contributed by atoms with Gasteiger partial charge in [-0.1, -0.05) is 42.1 Å². The normalized spacial score (nSPS) is 13.4. The standard InChI is InChI=1S/C22H26N2O4S/c25-21(16-24-13-15-29-22(24)26)23-12-4-5-14-27-19-8-10-20(11-9-19)28-17-18-6-2-1-3-7-18/h1-3,6-11H,4-5,12-17H2,(H,23,25). The maximum Gasteiger partial charge on any atom is 0.282 e. The third-order valence-electron chi connectivity index (χ3n) is 4.41. The Kier molecular flexibility index (Phi) is 8.25. The number of hydrogen-bond donors (Lipinski definition) is 1. The molecule has 1 aliphatic heterocycles. The molecule has 2 aromatic rings. The van der Waals surface area contributed by atoms with Gasteiger partial charge < -0.3 is 19.7 Å². The highest BCUT2D eigenvalue weighted by atomic mass is 32.2. The van der Waals surface area contributed by atoms with Crippen molar-refractivity contribution in [2.75, 3.05) is 32.0 Å². The van der Waals surface area contributed by atoms with Crippen LogP contribution in [0.1, 0.15) is 18.4 Å². The second-order valence-corrected chi connectivity index (χ2v) is 7.73. The van der Waals surface area contributed by atoms with Crippen LogP contribution in [-0.2, 0) is 11.4 Å². The molecule has 0 spiro atoms. The van der Waals surface area contributed by atoms with Gasteiger partial charge in [-0.15, -0.1) is 0 Å². The fourth-order valence-corrected chi connectivity index (χ4v) is 3.64. The van der Waals surface area contributed by atoms with E-state index in [0.29, 0.717) is 26.3 Å². The number of benzene rings is 2. The van der Waals surface area contributed by atoms with Crippen molar-refractivity contribution in [3.8, 4) is 11.5 Å². The van der Waals surface area contributed by atoms with Crippen molar-refractivity contribution in [3.05, 3.63) is 60.2 Å². The number of unbranched alkanes of at least 4 members (excludes halogenated alkanes) is 1. The fraction of sp³-hybridized carbons (Fsp3) is 0.364. The van der Waals surface area contributed by atoms with Crippen molar-refractivity contribution >= 4 is 22.9 Å². The van der Waals surface area contributed by atoms with Crippen molar-refractivity contribution in [2.45, 2.75) is 19.4 Å². The Morgan fingerprint density at radius 2 is 1.72 bits per heavy atom. The van der Waals surface area contributed by atoms with Crippen LogP contribution in [0.25, 0.3) is 0 Å². The number of thioether (sulfide) groups is 1. The number of amides is 2. The summed E-state index contributed by atoms with van der Waals surface area (Å²) in [4.78, 5) is 24.9. The molecule has 0 aromatic heterocycles. The zero-order chi connectivity index (χ0) is 20.3. The number of carbonyl (C=O) groups is 2. The minimum atomic E-state index is -0.104. The Balaban J connectivity index is 1.25. The topological polar surface area (TPSA) is 67.9 Å². The van der Waals surface area contributed by atoms with E-state index in [1.54, 1.807) is 4.90 Å². The summed E-state index contributed by atoms with van der Waals surface area (Å²) in [7, 11) is 0. The minimum absolute atomic E-state index is 0.00923. The predicted molar refractivity (Wildman–Crippen MR) is 114 cm³/mol. The molecule has 1 N–H and O–H groups in total. The van der Waals surface area contributed by atoms with Gasteiger partial charge in [0.1, 0.15) is 24.7 Å². The number of nitrogens with zero attached hydrogens (tertiary/aromatic N) is 1. The van der Waals surface area contributed by atoms with Crippen molar-refractivity contribution in [2.24, 2.45) is 0 Å². The molecule has 0 unspecified atom stereocenters. The highest BCUT2D eigenvalue weighted by Crippen LogP contribution is 2.19. The fourth-order valence-electron chi connectivity index (χ4n) is 2.82. The second-order valence-electron chi connectivity index (χ2n) is 6.69. The molecule has 1 fully saturated rings. The molecule has 1 aliphatic rings. The molecule has 2 amide bonds. The zero-order valence-corrected chi connectivity index (χ0v) is 17.2. The third kappa shape index (κ3) is 7.34. The Labute approximate surface area is 175 Å². The number of hydrogen-bond acceptors (Lipinski definition) is 5. The van der Waals surface area contributed by atoms with Crippen LogP contribution in [0.3, 0.4) is 0 Å². The molecule has 2 aromatic carbocycles. The van der Waals surface area contributed by atoms with Crippen LogP contribution in [0.5, 0.6) is 11.5 Å². The molecule has 6 nitrogen and oxygen atoms in total. The SMILES string of the molecule is O=C(CN1CCSC1=O)NCCCCOc1ccc(OCc2ccccc2)cc1. The van der Waals surface area contributed by atoms with Crippen molar-refractivity contribution in [1.29, 1.82) is 0 Å². The highest BCUT2D eigenvalue weighted by Gasteiger charge is 2.22. The lowest BCUT2D eigenvalue weighted by atomic mass is 10.2. The summed E-state index contributed by atoms with van der Waals surface area (Å²) in [5, 5.41) is 2.84. The quantitative estimate of drug-likeness (QED) is 0.568. The summed E-state index contributed by atoms with van der Waals surface area (Å²) in [6.07, 6.45) is 1.66. The number of rotatable bonds is 11. The van der Waals surface area contributed by atoms with E-state index in [9.17, 15) is 9.59 Å². The van der Waals surface area contributed by atoms with E-state index in [2.05, 4.69) is 5.32 Å². The van der Waals surface area contributed by atoms with Crippen LogP contribution in [0.15, 0.2) is 54.6 Å². The van der Waals surface area contributed by atoms with Gasteiger partial charge in [-0.3, -0.25) is 9.59 Å². The van der Waals surface area contributed by atoms with Crippen molar-refractivity contribution < 1.29 is 19.1 Å². The second kappa shape index (κ2) is 11.4. The summed E-state index contributed by atoms with van der Waals surface area (Å²) in [5.74, 6) is 2.27. The molecular formula is C22H26N2O4S. The van der Waals surface area contributed by atoms with Gasteiger partial charge in [-0.2, -0.15) is 0 Å². The van der Waals surface area contributed by atoms with Crippen LogP contribution in [-0.4, -0.2) is 48.0 Å². The van der Waals surface area contributed by atoms with Gasteiger partial charge in [-0.05, 0) is 42.7 Å². The summed E-state index contributed by atoms with van der Waals surface area (Å²) in [5.41, 5.74) is 1.13. The first-order valence-corrected chi connectivity index (χ1v) is 10.8. The monoisotopic (exact) mass is 414 g/mol. The summed E-state index contributed by atoms with van der Waals surface area (Å²) < 4.78 is 11.5. The van der Waals surface area contributed by atoms with Gasteiger partial charge in [0.2, 0.25) is 5.91 Å². The van der Waals surface area contributed by atoms with Gasteiger partial charge in [0.15, 0.2) is 0 Å². The molecule has 1 heterocycles. The van der Waals surface area contributed by atoms with Gasteiger partial charge in [0, 0.05) is 18.8 Å². The lowest BCUT2D eigenvalue weighted by Crippen LogP contribution is -2.37. The lowest BCUT2D eigenvalue weighted by molar-refractivity contribution is -0.121. The maximum absolute atomic E-state index is 11.8. The van der Waals surface area contributed by atoms with Gasteiger partial charge in [-0.25, -0.2) is 0 Å². The minimum Gasteiger partial charge on any atom is -0.494 e. The van der Waals surface area contributed by atoms with E-state index >= 15 is 0 Å². The highest BCUT2D eigenvalue weighted by molar-refractivity contribution is 8.13. The molecule has 154 valence electrons. The Morgan fingerprint density at radius 3 is 2.41 bits per heavy atom. The third-order valence-corrected chi connectivity index (χ3v) is 5.31.